The van der Waals surface area contributed by atoms with E-state index in [4.69, 9.17) is 9.72 Å². The lowest BCUT2D eigenvalue weighted by Crippen LogP contribution is -2.51. The van der Waals surface area contributed by atoms with Crippen LogP contribution in [0.1, 0.15) is 35.7 Å². The third-order valence-electron chi connectivity index (χ3n) is 6.97. The summed E-state index contributed by atoms with van der Waals surface area (Å²) < 4.78 is 5.56. The fourth-order valence-corrected chi connectivity index (χ4v) is 5.50. The fourth-order valence-electron chi connectivity index (χ4n) is 5.50. The highest BCUT2D eigenvalue weighted by Gasteiger charge is 2.54. The molecule has 2 aliphatic heterocycles. The average Bonchev–Trinajstić information content (AvgIpc) is 2.98. The molecule has 1 spiro atoms. The molecule has 1 aromatic carbocycles. The van der Waals surface area contributed by atoms with Crippen LogP contribution in [0, 0.1) is 6.92 Å². The highest BCUT2D eigenvalue weighted by atomic mass is 16.5. The van der Waals surface area contributed by atoms with Crippen LogP contribution in [0.5, 0.6) is 0 Å². The summed E-state index contributed by atoms with van der Waals surface area (Å²) in [4.78, 5) is 9.50. The van der Waals surface area contributed by atoms with E-state index in [-0.39, 0.29) is 17.6 Å². The Hall–Kier alpha value is -1.95. The second kappa shape index (κ2) is 7.14. The molecule has 1 aliphatic carbocycles. The van der Waals surface area contributed by atoms with Crippen molar-refractivity contribution >= 4 is 5.82 Å². The number of aliphatic hydroxyl groups is 1. The third kappa shape index (κ3) is 2.84. The Balaban J connectivity index is 1.43. The van der Waals surface area contributed by atoms with Gasteiger partial charge in [0.15, 0.2) is 0 Å². The number of aliphatic hydroxyl groups excluding tert-OH is 1. The zero-order valence-corrected chi connectivity index (χ0v) is 16.6. The maximum absolute atomic E-state index is 11.6. The molecule has 0 radical (unpaired) electrons. The van der Waals surface area contributed by atoms with Crippen molar-refractivity contribution in [3.05, 3.63) is 59.3 Å². The van der Waals surface area contributed by atoms with Crippen LogP contribution in [0.4, 0.5) is 5.82 Å². The molecule has 1 aromatic heterocycles. The number of pyridine rings is 1. The van der Waals surface area contributed by atoms with Crippen molar-refractivity contribution in [2.45, 2.75) is 37.3 Å². The van der Waals surface area contributed by atoms with Gasteiger partial charge in [0, 0.05) is 37.3 Å². The molecule has 3 aliphatic rings. The molecule has 2 fully saturated rings. The van der Waals surface area contributed by atoms with Crippen LogP contribution in [-0.4, -0.2) is 60.5 Å². The van der Waals surface area contributed by atoms with Crippen molar-refractivity contribution in [2.24, 2.45) is 0 Å². The Bertz CT molecular complexity index is 841. The summed E-state index contributed by atoms with van der Waals surface area (Å²) in [6, 6.07) is 15.0. The van der Waals surface area contributed by atoms with Gasteiger partial charge in [0.05, 0.1) is 25.4 Å². The Kier molecular flexibility index (Phi) is 4.62. The topological polar surface area (TPSA) is 48.8 Å². The summed E-state index contributed by atoms with van der Waals surface area (Å²) in [5.74, 6) is 1.06. The molecular weight excluding hydrogens is 350 g/mol. The van der Waals surface area contributed by atoms with Gasteiger partial charge in [0.25, 0.3) is 0 Å². The van der Waals surface area contributed by atoms with Crippen molar-refractivity contribution in [1.29, 1.82) is 0 Å². The number of fused-ring (bicyclic) bond motifs is 2. The monoisotopic (exact) mass is 379 g/mol. The van der Waals surface area contributed by atoms with Gasteiger partial charge in [-0.2, -0.15) is 0 Å². The number of rotatable bonds is 2. The van der Waals surface area contributed by atoms with Crippen LogP contribution in [0.15, 0.2) is 42.5 Å². The van der Waals surface area contributed by atoms with E-state index in [9.17, 15) is 5.11 Å². The van der Waals surface area contributed by atoms with Crippen LogP contribution in [0.3, 0.4) is 0 Å². The fraction of sp³-hybridized carbons (Fsp3) is 0.522. The van der Waals surface area contributed by atoms with Gasteiger partial charge in [-0.25, -0.2) is 4.98 Å². The lowest BCUT2D eigenvalue weighted by molar-refractivity contribution is -0.0417. The minimum atomic E-state index is -0.365. The number of ether oxygens (including phenoxy) is 1. The molecule has 3 heterocycles. The van der Waals surface area contributed by atoms with Gasteiger partial charge in [-0.05, 0) is 43.0 Å². The number of anilines is 1. The predicted octanol–water partition coefficient (Wildman–Crippen LogP) is 2.68. The van der Waals surface area contributed by atoms with Gasteiger partial charge in [-0.15, -0.1) is 0 Å². The first-order chi connectivity index (χ1) is 13.7. The number of nitrogens with zero attached hydrogens (tertiary/aromatic N) is 3. The first-order valence-corrected chi connectivity index (χ1v) is 10.5. The summed E-state index contributed by atoms with van der Waals surface area (Å²) in [6.45, 7) is 7.20. The maximum atomic E-state index is 11.6. The van der Waals surface area contributed by atoms with Gasteiger partial charge < -0.3 is 14.7 Å². The second-order valence-electron chi connectivity index (χ2n) is 8.41. The van der Waals surface area contributed by atoms with Gasteiger partial charge in [0.2, 0.25) is 0 Å². The zero-order chi connectivity index (χ0) is 19.1. The average molecular weight is 380 g/mol. The van der Waals surface area contributed by atoms with Gasteiger partial charge in [0.1, 0.15) is 5.82 Å². The molecular formula is C23H29N3O2. The minimum Gasteiger partial charge on any atom is -0.390 e. The molecule has 0 bridgehead atoms. The number of hydrogen-bond acceptors (Lipinski definition) is 5. The van der Waals surface area contributed by atoms with Gasteiger partial charge in [-0.1, -0.05) is 30.3 Å². The molecule has 2 saturated heterocycles. The lowest BCUT2D eigenvalue weighted by Gasteiger charge is -2.44. The Morgan fingerprint density at radius 3 is 2.50 bits per heavy atom. The predicted molar refractivity (Wildman–Crippen MR) is 110 cm³/mol. The number of morpholine rings is 1. The van der Waals surface area contributed by atoms with Crippen LogP contribution < -0.4 is 4.90 Å². The molecule has 5 nitrogen and oxygen atoms in total. The Labute approximate surface area is 166 Å². The van der Waals surface area contributed by atoms with E-state index < -0.39 is 0 Å². The highest BCUT2D eigenvalue weighted by molar-refractivity contribution is 5.48. The molecule has 0 unspecified atom stereocenters. The second-order valence-corrected chi connectivity index (χ2v) is 8.41. The quantitative estimate of drug-likeness (QED) is 0.869. The molecule has 28 heavy (non-hydrogen) atoms. The van der Waals surface area contributed by atoms with Crippen molar-refractivity contribution in [1.82, 2.24) is 9.88 Å². The molecule has 5 heteroatoms. The molecule has 1 N–H and O–H groups in total. The van der Waals surface area contributed by atoms with Crippen molar-refractivity contribution in [3.8, 4) is 0 Å². The van der Waals surface area contributed by atoms with E-state index in [1.807, 2.05) is 13.0 Å². The zero-order valence-electron chi connectivity index (χ0n) is 16.6. The Morgan fingerprint density at radius 2 is 1.75 bits per heavy atom. The molecule has 2 atom stereocenters. The summed E-state index contributed by atoms with van der Waals surface area (Å²) >= 11 is 0. The van der Waals surface area contributed by atoms with E-state index in [2.05, 4.69) is 46.2 Å². The van der Waals surface area contributed by atoms with E-state index in [1.54, 1.807) is 0 Å². The van der Waals surface area contributed by atoms with Crippen molar-refractivity contribution in [2.75, 3.05) is 44.3 Å². The first-order valence-electron chi connectivity index (χ1n) is 10.5. The van der Waals surface area contributed by atoms with Crippen LogP contribution in [0.25, 0.3) is 0 Å². The Morgan fingerprint density at radius 1 is 1.00 bits per heavy atom. The third-order valence-corrected chi connectivity index (χ3v) is 6.97. The largest absolute Gasteiger partial charge is 0.390 e. The number of hydrogen-bond donors (Lipinski definition) is 1. The first kappa shape index (κ1) is 18.1. The van der Waals surface area contributed by atoms with E-state index in [0.29, 0.717) is 0 Å². The van der Waals surface area contributed by atoms with Crippen LogP contribution in [-0.2, 0) is 10.2 Å². The summed E-state index contributed by atoms with van der Waals surface area (Å²) in [7, 11) is 0. The molecule has 5 rings (SSSR count). The highest BCUT2D eigenvalue weighted by Crippen LogP contribution is 2.53. The maximum Gasteiger partial charge on any atom is 0.128 e. The number of aromatic nitrogens is 1. The molecule has 0 saturated carbocycles. The van der Waals surface area contributed by atoms with E-state index >= 15 is 0 Å². The SMILES string of the molecule is Cc1cccc(N2CCC3(CC2)c2ccccc2[C@@H](N2CCOCC2)[C@@H]3O)n1. The number of benzene rings is 1. The van der Waals surface area contributed by atoms with Gasteiger partial charge in [-0.3, -0.25) is 4.90 Å². The number of piperidine rings is 1. The van der Waals surface area contributed by atoms with Gasteiger partial charge >= 0.3 is 0 Å². The summed E-state index contributed by atoms with van der Waals surface area (Å²) in [5.41, 5.74) is 3.58. The summed E-state index contributed by atoms with van der Waals surface area (Å²) in [5, 5.41) is 11.6. The van der Waals surface area contributed by atoms with E-state index in [0.717, 1.165) is 63.7 Å². The minimum absolute atomic E-state index is 0.0868. The lowest BCUT2D eigenvalue weighted by atomic mass is 9.72. The normalized spacial score (nSPS) is 27.1. The van der Waals surface area contributed by atoms with Crippen molar-refractivity contribution < 1.29 is 9.84 Å². The number of aryl methyl sites for hydroxylation is 1. The van der Waals surface area contributed by atoms with Crippen LogP contribution in [0.2, 0.25) is 0 Å². The van der Waals surface area contributed by atoms with Crippen LogP contribution >= 0.6 is 0 Å². The standard InChI is InChI=1S/C23H29N3O2/c1-17-5-4-8-20(24-17)25-11-9-23(10-12-25)19-7-3-2-6-18(19)21(22(23)27)26-13-15-28-16-14-26/h2-8,21-22,27H,9-16H2,1H3/t21-,22+/m1/s1. The van der Waals surface area contributed by atoms with E-state index in [1.165, 1.54) is 11.1 Å². The molecule has 148 valence electrons. The molecule has 2 aromatic rings. The van der Waals surface area contributed by atoms with Crippen molar-refractivity contribution in [3.63, 3.8) is 0 Å². The summed E-state index contributed by atoms with van der Waals surface area (Å²) in [6.07, 6.45) is 1.55. The molecule has 0 amide bonds. The smallest absolute Gasteiger partial charge is 0.128 e.